The van der Waals surface area contributed by atoms with Crippen molar-refractivity contribution in [1.29, 1.82) is 0 Å². The van der Waals surface area contributed by atoms with E-state index in [9.17, 15) is 24.3 Å². The summed E-state index contributed by atoms with van der Waals surface area (Å²) in [6.07, 6.45) is 9.79. The van der Waals surface area contributed by atoms with Gasteiger partial charge in [-0.2, -0.15) is 9.97 Å². The number of hydrogen-bond acceptors (Lipinski definition) is 16. The number of piperazine rings is 2. The van der Waals surface area contributed by atoms with E-state index in [-0.39, 0.29) is 108 Å². The quantitative estimate of drug-likeness (QED) is 0.0661. The van der Waals surface area contributed by atoms with Crippen LogP contribution in [0.15, 0.2) is 112 Å². The molecule has 8 heterocycles. The number of nitrogen functional groups attached to an aromatic ring is 1. The first-order chi connectivity index (χ1) is 41.4. The fourth-order valence-corrected chi connectivity index (χ4v) is 13.0. The van der Waals surface area contributed by atoms with Crippen LogP contribution in [0.2, 0.25) is 15.1 Å². The van der Waals surface area contributed by atoms with E-state index in [2.05, 4.69) is 33.1 Å². The number of fused-ring (bicyclic) bond motifs is 2. The molecule has 0 aliphatic carbocycles. The topological polar surface area (TPSA) is 215 Å². The number of pyridine rings is 4. The molecule has 2 fully saturated rings. The van der Waals surface area contributed by atoms with Gasteiger partial charge in [-0.05, 0) is 113 Å². The summed E-state index contributed by atoms with van der Waals surface area (Å²) in [7, 11) is 0. The minimum atomic E-state index is -0.775. The highest BCUT2D eigenvalue weighted by atomic mass is 35.5. The summed E-state index contributed by atoms with van der Waals surface area (Å²) in [5.74, 6) is -1.57. The van der Waals surface area contributed by atoms with Gasteiger partial charge < -0.3 is 30.4 Å². The second kappa shape index (κ2) is 26.0. The molecule has 4 atom stereocenters. The lowest BCUT2D eigenvalue weighted by atomic mass is 10.1. The van der Waals surface area contributed by atoms with Gasteiger partial charge in [0.25, 0.3) is 0 Å². The molecular weight excluding hydrogens is 1220 g/mol. The van der Waals surface area contributed by atoms with E-state index in [4.69, 9.17) is 50.5 Å². The van der Waals surface area contributed by atoms with Gasteiger partial charge in [-0.1, -0.05) is 81.7 Å². The molecule has 0 saturated carbocycles. The number of carbonyl (C=O) groups excluding carboxylic acids is 2. The zero-order valence-electron chi connectivity index (χ0n) is 49.4. The second-order valence-corrected chi connectivity index (χ2v) is 24.8. The summed E-state index contributed by atoms with van der Waals surface area (Å²) < 4.78 is 33.4. The standard InChI is InChI=1S/C31H32Cl2FN7O2S.C31H32ClFN6O3S/c1-7-23(42)39-13-17(5)40(14-16(39)4)29-18-12-20(33)27(24-21(35)9-8-19(32)25(24)34)37-30(18)41(31(43)38-29)28-22(44-6)10-11-36-26(28)15(2)3;1-7-24(41)37-14-18(5)38(15-17(37)4)29-19-13-20(32)27(25-21(33)9-8-10-22(25)40)35-30(19)39(31(42)36-29)28-23(43-6)11-12-34-26(28)16(2)3/h7-12,15-17H,1,13-14,35H2,2-6H3;7-13,16-18,40H,1,14-15H2,2-6H3/t16-,17+;17-,18+/m11/s1. The first kappa shape index (κ1) is 63.9. The smallest absolute Gasteiger partial charge is 0.355 e. The van der Waals surface area contributed by atoms with E-state index < -0.39 is 23.0 Å². The van der Waals surface area contributed by atoms with Gasteiger partial charge in [0.15, 0.2) is 17.1 Å². The van der Waals surface area contributed by atoms with E-state index in [0.717, 1.165) is 9.79 Å². The molecule has 0 bridgehead atoms. The average molecular weight is 1280 g/mol. The van der Waals surface area contributed by atoms with Crippen LogP contribution in [0.1, 0.15) is 78.6 Å². The number of rotatable bonds is 12. The van der Waals surface area contributed by atoms with Gasteiger partial charge in [-0.25, -0.2) is 37.5 Å². The minimum Gasteiger partial charge on any atom is -0.507 e. The molecule has 10 rings (SSSR count). The highest BCUT2D eigenvalue weighted by molar-refractivity contribution is 7.99. The van der Waals surface area contributed by atoms with Crippen molar-refractivity contribution >= 4 is 110 Å². The van der Waals surface area contributed by atoms with Gasteiger partial charge >= 0.3 is 11.4 Å². The van der Waals surface area contributed by atoms with Crippen molar-refractivity contribution in [2.45, 2.75) is 101 Å². The number of thioether (sulfide) groups is 2. The fourth-order valence-electron chi connectivity index (χ4n) is 11.2. The van der Waals surface area contributed by atoms with Crippen molar-refractivity contribution in [2.75, 3.05) is 54.2 Å². The van der Waals surface area contributed by atoms with E-state index >= 15 is 8.78 Å². The van der Waals surface area contributed by atoms with Crippen LogP contribution in [-0.4, -0.2) is 129 Å². The molecule has 2 aromatic carbocycles. The molecule has 2 aliphatic rings. The lowest BCUT2D eigenvalue weighted by Gasteiger charge is -2.44. The highest BCUT2D eigenvalue weighted by Crippen LogP contribution is 2.43. The number of anilines is 3. The fraction of sp³-hybridized carbons (Fsp3) is 0.323. The van der Waals surface area contributed by atoms with E-state index in [1.54, 1.807) is 34.3 Å². The third-order valence-electron chi connectivity index (χ3n) is 15.4. The van der Waals surface area contributed by atoms with Gasteiger partial charge in [-0.15, -0.1) is 23.5 Å². The molecule has 18 nitrogen and oxygen atoms in total. The average Bonchev–Trinajstić information content (AvgIpc) is 0.797. The Morgan fingerprint density at radius 2 is 1.08 bits per heavy atom. The number of halogens is 5. The zero-order valence-corrected chi connectivity index (χ0v) is 53.3. The Balaban J connectivity index is 0.000000208. The molecule has 2 amide bonds. The molecule has 6 aromatic heterocycles. The van der Waals surface area contributed by atoms with Gasteiger partial charge in [0.1, 0.15) is 23.2 Å². The molecule has 2 aliphatic heterocycles. The molecule has 454 valence electrons. The Morgan fingerprint density at radius 1 is 0.644 bits per heavy atom. The van der Waals surface area contributed by atoms with Crippen LogP contribution in [0, 0.1) is 11.6 Å². The Bertz CT molecular complexity index is 4190. The van der Waals surface area contributed by atoms with Gasteiger partial charge in [0, 0.05) is 78.2 Å². The predicted molar refractivity (Wildman–Crippen MR) is 346 cm³/mol. The molecule has 8 aromatic rings. The highest BCUT2D eigenvalue weighted by Gasteiger charge is 2.37. The number of hydrogen-bond donors (Lipinski definition) is 2. The van der Waals surface area contributed by atoms with Gasteiger partial charge in [-0.3, -0.25) is 19.6 Å². The summed E-state index contributed by atoms with van der Waals surface area (Å²) in [6, 6.07) is 12.8. The number of benzene rings is 2. The summed E-state index contributed by atoms with van der Waals surface area (Å²) in [5, 5.41) is 11.6. The maximum atomic E-state index is 15.5. The third kappa shape index (κ3) is 12.0. The van der Waals surface area contributed by atoms with E-state index in [1.807, 2.05) is 89.8 Å². The Morgan fingerprint density at radius 3 is 1.48 bits per heavy atom. The van der Waals surface area contributed by atoms with Crippen molar-refractivity contribution in [1.82, 2.24) is 48.8 Å². The van der Waals surface area contributed by atoms with Crippen LogP contribution < -0.4 is 26.9 Å². The van der Waals surface area contributed by atoms with Crippen molar-refractivity contribution in [3.63, 3.8) is 0 Å². The summed E-state index contributed by atoms with van der Waals surface area (Å²) in [5.41, 5.74) is 7.66. The van der Waals surface area contributed by atoms with Crippen LogP contribution in [0.5, 0.6) is 5.75 Å². The molecule has 0 unspecified atom stereocenters. The van der Waals surface area contributed by atoms with Gasteiger partial charge in [0.2, 0.25) is 11.8 Å². The van der Waals surface area contributed by atoms with Crippen LogP contribution in [0.4, 0.5) is 26.1 Å². The number of aromatic hydroxyl groups is 1. The van der Waals surface area contributed by atoms with Crippen LogP contribution in [0.3, 0.4) is 0 Å². The molecule has 0 radical (unpaired) electrons. The minimum absolute atomic E-state index is 0.0152. The Hall–Kier alpha value is -7.63. The van der Waals surface area contributed by atoms with E-state index in [1.165, 1.54) is 75.1 Å². The first-order valence-electron chi connectivity index (χ1n) is 27.8. The number of carbonyl (C=O) groups is 2. The maximum Gasteiger partial charge on any atom is 0.355 e. The molecule has 25 heteroatoms. The molecular formula is C62H64Cl3F2N13O5S2. The lowest BCUT2D eigenvalue weighted by Crippen LogP contribution is -2.58. The van der Waals surface area contributed by atoms with E-state index in [0.29, 0.717) is 71.3 Å². The van der Waals surface area contributed by atoms with Crippen molar-refractivity contribution < 1.29 is 23.5 Å². The van der Waals surface area contributed by atoms with Crippen molar-refractivity contribution in [3.8, 4) is 39.6 Å². The third-order valence-corrected chi connectivity index (χ3v) is 17.8. The number of aromatic nitrogens is 8. The van der Waals surface area contributed by atoms with Crippen molar-refractivity contribution in [3.05, 3.63) is 151 Å². The van der Waals surface area contributed by atoms with Crippen LogP contribution >= 0.6 is 58.3 Å². The lowest BCUT2D eigenvalue weighted by molar-refractivity contribution is -0.129. The second-order valence-electron chi connectivity index (χ2n) is 21.8. The predicted octanol–water partition coefficient (Wildman–Crippen LogP) is 12.1. The maximum absolute atomic E-state index is 15.5. The normalized spacial score (nSPS) is 17.1. The van der Waals surface area contributed by atoms with Crippen LogP contribution in [0.25, 0.3) is 56.0 Å². The number of amides is 2. The van der Waals surface area contributed by atoms with Crippen LogP contribution in [-0.2, 0) is 9.59 Å². The SMILES string of the molecule is C=CC(=O)N1C[C@H](C)N(c2nc(=O)n(-c3c(SC)ccnc3C(C)C)c3nc(-c4c(N)ccc(Cl)c4F)c(Cl)cc23)C[C@H]1C.C=CC(=O)N1C[C@H](C)N(c2nc(=O)n(-c3c(SC)ccnc3C(C)C)c3nc(-c4c(O)cccc4F)c(Cl)cc23)C[C@H]1C. The summed E-state index contributed by atoms with van der Waals surface area (Å²) >= 11 is 22.6. The molecule has 0 spiro atoms. The Kier molecular flexibility index (Phi) is 19.1. The number of nitrogens with zero attached hydrogens (tertiary/aromatic N) is 12. The summed E-state index contributed by atoms with van der Waals surface area (Å²) in [4.78, 5) is 90.3. The Labute approximate surface area is 525 Å². The van der Waals surface area contributed by atoms with Gasteiger partial charge in [0.05, 0.1) is 71.1 Å². The number of phenolic OH excluding ortho intramolecular Hbond substituents is 1. The monoisotopic (exact) mass is 1280 g/mol. The first-order valence-corrected chi connectivity index (χ1v) is 31.4. The number of phenols is 1. The molecule has 2 saturated heterocycles. The number of nitrogens with two attached hydrogens (primary N) is 1. The molecule has 3 N–H and O–H groups in total. The van der Waals surface area contributed by atoms with Crippen molar-refractivity contribution in [2.24, 2.45) is 0 Å². The zero-order chi connectivity index (χ0) is 63.2. The largest absolute Gasteiger partial charge is 0.507 e. The molecule has 87 heavy (non-hydrogen) atoms. The summed E-state index contributed by atoms with van der Waals surface area (Å²) in [6.45, 7) is 24.4.